The van der Waals surface area contributed by atoms with E-state index in [1.807, 2.05) is 42.2 Å². The molecule has 1 saturated heterocycles. The SMILES string of the molecule is COC(=O)c1cccc(NC(=O)c2csc(C3CCN(C(=O)c4cnn(-c5ccccc5)c4C)CC3)n2)c1. The first-order valence-electron chi connectivity index (χ1n) is 12.3. The van der Waals surface area contributed by atoms with Gasteiger partial charge < -0.3 is 15.0 Å². The fourth-order valence-corrected chi connectivity index (χ4v) is 5.54. The van der Waals surface area contributed by atoms with Crippen molar-refractivity contribution in [2.24, 2.45) is 0 Å². The van der Waals surface area contributed by atoms with Crippen molar-refractivity contribution in [1.82, 2.24) is 19.7 Å². The molecule has 2 aromatic heterocycles. The predicted octanol–water partition coefficient (Wildman–Crippen LogP) is 4.70. The highest BCUT2D eigenvalue weighted by Crippen LogP contribution is 2.31. The Balaban J connectivity index is 1.19. The summed E-state index contributed by atoms with van der Waals surface area (Å²) in [6, 6.07) is 16.3. The summed E-state index contributed by atoms with van der Waals surface area (Å²) in [6.07, 6.45) is 3.18. The van der Waals surface area contributed by atoms with Crippen LogP contribution in [-0.2, 0) is 4.74 Å². The average molecular weight is 530 g/mol. The van der Waals surface area contributed by atoms with E-state index in [4.69, 9.17) is 4.74 Å². The van der Waals surface area contributed by atoms with Crippen LogP contribution in [0.2, 0.25) is 0 Å². The molecular weight excluding hydrogens is 502 g/mol. The molecule has 194 valence electrons. The number of rotatable bonds is 6. The van der Waals surface area contributed by atoms with E-state index in [9.17, 15) is 14.4 Å². The predicted molar refractivity (Wildman–Crippen MR) is 144 cm³/mol. The fourth-order valence-electron chi connectivity index (χ4n) is 4.57. The van der Waals surface area contributed by atoms with Crippen molar-refractivity contribution in [3.63, 3.8) is 0 Å². The molecule has 38 heavy (non-hydrogen) atoms. The first-order chi connectivity index (χ1) is 18.4. The number of amides is 2. The molecule has 5 rings (SSSR count). The van der Waals surface area contributed by atoms with Crippen LogP contribution in [0.4, 0.5) is 5.69 Å². The lowest BCUT2D eigenvalue weighted by Gasteiger charge is -2.31. The standard InChI is InChI=1S/C28H27N5O4S/c1-18-23(16-29-33(18)22-9-4-3-5-10-22)27(35)32-13-11-19(12-14-32)26-31-24(17-38-26)25(34)30-21-8-6-7-20(15-21)28(36)37-2/h3-10,15-17,19H,11-14H2,1-2H3,(H,30,34). The molecule has 0 aliphatic carbocycles. The lowest BCUT2D eigenvalue weighted by Crippen LogP contribution is -2.38. The van der Waals surface area contributed by atoms with Gasteiger partial charge in [0.05, 0.1) is 40.8 Å². The Kier molecular flexibility index (Phi) is 7.32. The molecule has 10 heteroatoms. The minimum absolute atomic E-state index is 0.0171. The number of nitrogens with one attached hydrogen (secondary N) is 1. The summed E-state index contributed by atoms with van der Waals surface area (Å²) in [5.74, 6) is -0.645. The number of benzene rings is 2. The van der Waals surface area contributed by atoms with Crippen molar-refractivity contribution in [3.05, 3.63) is 93.7 Å². The Labute approximate surface area is 224 Å². The van der Waals surface area contributed by atoms with E-state index in [1.165, 1.54) is 18.4 Å². The largest absolute Gasteiger partial charge is 0.465 e. The smallest absolute Gasteiger partial charge is 0.337 e. The van der Waals surface area contributed by atoms with Crippen LogP contribution in [0.1, 0.15) is 60.7 Å². The molecule has 3 heterocycles. The van der Waals surface area contributed by atoms with Gasteiger partial charge in [0.25, 0.3) is 11.8 Å². The fraction of sp³-hybridized carbons (Fsp3) is 0.250. The molecule has 4 aromatic rings. The number of thiazole rings is 1. The molecule has 2 amide bonds. The molecular formula is C28H27N5O4S. The number of methoxy groups -OCH3 is 1. The van der Waals surface area contributed by atoms with Gasteiger partial charge in [-0.2, -0.15) is 5.10 Å². The van der Waals surface area contributed by atoms with Crippen LogP contribution in [0, 0.1) is 6.92 Å². The zero-order valence-corrected chi connectivity index (χ0v) is 21.9. The van der Waals surface area contributed by atoms with Gasteiger partial charge in [-0.3, -0.25) is 9.59 Å². The quantitative estimate of drug-likeness (QED) is 0.363. The molecule has 0 unspecified atom stereocenters. The van der Waals surface area contributed by atoms with E-state index in [1.54, 1.807) is 40.5 Å². The number of ether oxygens (including phenoxy) is 1. The van der Waals surface area contributed by atoms with E-state index < -0.39 is 5.97 Å². The number of hydrogen-bond donors (Lipinski definition) is 1. The summed E-state index contributed by atoms with van der Waals surface area (Å²) >= 11 is 1.45. The molecule has 0 saturated carbocycles. The van der Waals surface area contributed by atoms with Crippen molar-refractivity contribution in [2.75, 3.05) is 25.5 Å². The van der Waals surface area contributed by atoms with E-state index in [2.05, 4.69) is 15.4 Å². The highest BCUT2D eigenvalue weighted by molar-refractivity contribution is 7.10. The van der Waals surface area contributed by atoms with Gasteiger partial charge >= 0.3 is 5.97 Å². The minimum atomic E-state index is -0.470. The lowest BCUT2D eigenvalue weighted by atomic mass is 9.97. The molecule has 1 fully saturated rings. The van der Waals surface area contributed by atoms with Crippen LogP contribution in [0.15, 0.2) is 66.2 Å². The number of anilines is 1. The Morgan fingerprint density at radius 2 is 1.82 bits per heavy atom. The third-order valence-electron chi connectivity index (χ3n) is 6.67. The number of carbonyl (C=O) groups excluding carboxylic acids is 3. The van der Waals surface area contributed by atoms with Crippen LogP contribution < -0.4 is 5.32 Å². The number of nitrogens with zero attached hydrogens (tertiary/aromatic N) is 4. The number of aromatic nitrogens is 3. The molecule has 0 radical (unpaired) electrons. The number of esters is 1. The minimum Gasteiger partial charge on any atom is -0.465 e. The van der Waals surface area contributed by atoms with Gasteiger partial charge in [0.15, 0.2) is 0 Å². The molecule has 9 nitrogen and oxygen atoms in total. The number of piperidine rings is 1. The summed E-state index contributed by atoms with van der Waals surface area (Å²) in [6.45, 7) is 3.13. The Hall–Kier alpha value is -4.31. The molecule has 1 aliphatic rings. The van der Waals surface area contributed by atoms with Crippen LogP contribution in [0.5, 0.6) is 0 Å². The topological polar surface area (TPSA) is 106 Å². The maximum Gasteiger partial charge on any atom is 0.337 e. The molecule has 1 aliphatic heterocycles. The summed E-state index contributed by atoms with van der Waals surface area (Å²) in [7, 11) is 1.31. The molecule has 0 atom stereocenters. The summed E-state index contributed by atoms with van der Waals surface area (Å²) in [5, 5.41) is 9.85. The van der Waals surface area contributed by atoms with E-state index in [-0.39, 0.29) is 17.7 Å². The zero-order valence-electron chi connectivity index (χ0n) is 21.1. The normalized spacial score (nSPS) is 13.8. The van der Waals surface area contributed by atoms with Crippen molar-refractivity contribution in [2.45, 2.75) is 25.7 Å². The number of para-hydroxylation sites is 1. The maximum absolute atomic E-state index is 13.2. The second-order valence-corrected chi connectivity index (χ2v) is 9.94. The van der Waals surface area contributed by atoms with Crippen LogP contribution in [0.3, 0.4) is 0 Å². The van der Waals surface area contributed by atoms with Crippen LogP contribution in [-0.4, -0.2) is 57.6 Å². The average Bonchev–Trinajstić information content (AvgIpc) is 3.60. The van der Waals surface area contributed by atoms with Gasteiger partial charge in [-0.25, -0.2) is 14.5 Å². The lowest BCUT2D eigenvalue weighted by molar-refractivity contribution is 0.0600. The Bertz CT molecular complexity index is 1470. The second kappa shape index (κ2) is 11.0. The number of likely N-dealkylation sites (tertiary alicyclic amines) is 1. The number of hydrogen-bond acceptors (Lipinski definition) is 7. The summed E-state index contributed by atoms with van der Waals surface area (Å²) in [4.78, 5) is 44.2. The van der Waals surface area contributed by atoms with Crippen molar-refractivity contribution < 1.29 is 19.1 Å². The van der Waals surface area contributed by atoms with Gasteiger partial charge in [0.1, 0.15) is 5.69 Å². The van der Waals surface area contributed by atoms with Gasteiger partial charge in [-0.1, -0.05) is 24.3 Å². The Morgan fingerprint density at radius 1 is 1.05 bits per heavy atom. The first-order valence-corrected chi connectivity index (χ1v) is 13.2. The Morgan fingerprint density at radius 3 is 2.55 bits per heavy atom. The van der Waals surface area contributed by atoms with E-state index >= 15 is 0 Å². The third-order valence-corrected chi connectivity index (χ3v) is 7.68. The highest BCUT2D eigenvalue weighted by atomic mass is 32.1. The number of carbonyl (C=O) groups is 3. The van der Waals surface area contributed by atoms with Gasteiger partial charge in [-0.05, 0) is 50.1 Å². The zero-order chi connectivity index (χ0) is 26.6. The van der Waals surface area contributed by atoms with E-state index in [0.717, 1.165) is 29.2 Å². The van der Waals surface area contributed by atoms with Crippen LogP contribution >= 0.6 is 11.3 Å². The third kappa shape index (κ3) is 5.21. The van der Waals surface area contributed by atoms with Gasteiger partial charge in [0, 0.05) is 30.1 Å². The van der Waals surface area contributed by atoms with Gasteiger partial charge in [0.2, 0.25) is 0 Å². The van der Waals surface area contributed by atoms with Crippen molar-refractivity contribution in [3.8, 4) is 5.69 Å². The molecule has 0 bridgehead atoms. The summed E-state index contributed by atoms with van der Waals surface area (Å²) in [5.41, 5.74) is 3.52. The maximum atomic E-state index is 13.2. The van der Waals surface area contributed by atoms with Crippen molar-refractivity contribution >= 4 is 34.8 Å². The second-order valence-electron chi connectivity index (χ2n) is 9.05. The first kappa shape index (κ1) is 25.3. The van der Waals surface area contributed by atoms with Crippen molar-refractivity contribution in [1.29, 1.82) is 0 Å². The molecule has 2 aromatic carbocycles. The molecule has 1 N–H and O–H groups in total. The van der Waals surface area contributed by atoms with Gasteiger partial charge in [-0.15, -0.1) is 11.3 Å². The highest BCUT2D eigenvalue weighted by Gasteiger charge is 2.28. The summed E-state index contributed by atoms with van der Waals surface area (Å²) < 4.78 is 6.52. The molecule has 0 spiro atoms. The van der Waals surface area contributed by atoms with E-state index in [0.29, 0.717) is 35.6 Å². The monoisotopic (exact) mass is 529 g/mol. The van der Waals surface area contributed by atoms with Crippen LogP contribution in [0.25, 0.3) is 5.69 Å².